The maximum atomic E-state index is 9.98. The Hall–Kier alpha value is -0.170. The Labute approximate surface area is 66.5 Å². The van der Waals surface area contributed by atoms with Crippen molar-refractivity contribution in [2.45, 2.75) is 25.8 Å². The lowest BCUT2D eigenvalue weighted by atomic mass is 10.2. The average Bonchev–Trinajstić information content (AvgIpc) is 1.78. The predicted molar refractivity (Wildman–Crippen MR) is 40.4 cm³/mol. The van der Waals surface area contributed by atoms with E-state index < -0.39 is 10.4 Å². The zero-order valence-corrected chi connectivity index (χ0v) is 7.17. The molecule has 0 rings (SSSR count). The normalized spacial score (nSPS) is 14.8. The summed E-state index contributed by atoms with van der Waals surface area (Å²) in [7, 11) is -4.26. The van der Waals surface area contributed by atoms with Crippen molar-refractivity contribution < 1.29 is 17.2 Å². The Morgan fingerprint density at radius 2 is 2.18 bits per heavy atom. The van der Waals surface area contributed by atoms with E-state index in [0.29, 0.717) is 12.8 Å². The van der Waals surface area contributed by atoms with Crippen LogP contribution >= 0.6 is 0 Å². The molecule has 11 heavy (non-hydrogen) atoms. The Balaban J connectivity index is 3.30. The van der Waals surface area contributed by atoms with Gasteiger partial charge in [-0.1, -0.05) is 0 Å². The molecule has 0 aromatic rings. The van der Waals surface area contributed by atoms with E-state index in [1.54, 1.807) is 0 Å². The Morgan fingerprint density at radius 3 is 2.55 bits per heavy atom. The van der Waals surface area contributed by atoms with Crippen LogP contribution in [0.5, 0.6) is 0 Å². The van der Waals surface area contributed by atoms with Crippen molar-refractivity contribution in [1.82, 2.24) is 0 Å². The topological polar surface area (TPSA) is 89.6 Å². The van der Waals surface area contributed by atoms with Gasteiger partial charge in [0.15, 0.2) is 0 Å². The molecule has 3 N–H and O–H groups in total. The second-order valence-corrected chi connectivity index (χ2v) is 3.46. The van der Waals surface area contributed by atoms with E-state index in [1.165, 1.54) is 0 Å². The molecule has 0 spiro atoms. The van der Waals surface area contributed by atoms with E-state index in [2.05, 4.69) is 4.18 Å². The van der Waals surface area contributed by atoms with Crippen LogP contribution in [-0.2, 0) is 14.6 Å². The molecule has 0 heterocycles. The summed E-state index contributed by atoms with van der Waals surface area (Å²) in [4.78, 5) is 0. The lowest BCUT2D eigenvalue weighted by Crippen LogP contribution is -2.15. The fourth-order valence-electron chi connectivity index (χ4n) is 0.570. The van der Waals surface area contributed by atoms with Crippen LogP contribution in [0.4, 0.5) is 0 Å². The lowest BCUT2D eigenvalue weighted by molar-refractivity contribution is 0.260. The highest BCUT2D eigenvalue weighted by Crippen LogP contribution is 1.95. The van der Waals surface area contributed by atoms with E-state index in [1.807, 2.05) is 6.92 Å². The molecule has 1 unspecified atom stereocenters. The highest BCUT2D eigenvalue weighted by Gasteiger charge is 2.03. The zero-order chi connectivity index (χ0) is 8.91. The summed E-state index contributed by atoms with van der Waals surface area (Å²) in [5.74, 6) is 0. The molecule has 68 valence electrons. The molecule has 0 saturated carbocycles. The van der Waals surface area contributed by atoms with Crippen LogP contribution in [0.25, 0.3) is 0 Å². The highest BCUT2D eigenvalue weighted by atomic mass is 32.3. The first-order valence-corrected chi connectivity index (χ1v) is 4.66. The van der Waals surface area contributed by atoms with Gasteiger partial charge in [-0.05, 0) is 19.8 Å². The first-order chi connectivity index (χ1) is 4.92. The molecular formula is C5H13NO4S. The third-order valence-corrected chi connectivity index (χ3v) is 1.50. The Kier molecular flexibility index (Phi) is 4.58. The molecule has 0 aliphatic heterocycles. The van der Waals surface area contributed by atoms with Crippen LogP contribution in [0.15, 0.2) is 0 Å². The van der Waals surface area contributed by atoms with Crippen LogP contribution in [0.3, 0.4) is 0 Å². The maximum absolute atomic E-state index is 9.98. The van der Waals surface area contributed by atoms with Crippen molar-refractivity contribution in [3.8, 4) is 0 Å². The van der Waals surface area contributed by atoms with Gasteiger partial charge in [0.1, 0.15) is 0 Å². The van der Waals surface area contributed by atoms with Gasteiger partial charge in [0, 0.05) is 6.04 Å². The molecule has 1 atom stereocenters. The van der Waals surface area contributed by atoms with Crippen molar-refractivity contribution in [2.75, 3.05) is 6.61 Å². The minimum absolute atomic E-state index is 0.0135. The molecule has 0 aromatic carbocycles. The fraction of sp³-hybridized carbons (Fsp3) is 1.00. The number of hydrogen-bond acceptors (Lipinski definition) is 4. The van der Waals surface area contributed by atoms with Gasteiger partial charge in [-0.2, -0.15) is 8.42 Å². The SMILES string of the molecule is CC(N)CCCOS(=O)(=O)O. The molecule has 5 nitrogen and oxygen atoms in total. The number of rotatable bonds is 5. The van der Waals surface area contributed by atoms with Crippen LogP contribution in [-0.4, -0.2) is 25.6 Å². The quantitative estimate of drug-likeness (QED) is 0.460. The van der Waals surface area contributed by atoms with Crippen molar-refractivity contribution in [3.63, 3.8) is 0 Å². The molecule has 0 aliphatic carbocycles. The first kappa shape index (κ1) is 10.8. The molecule has 0 aliphatic rings. The fourth-order valence-corrected chi connectivity index (χ4v) is 0.898. The largest absolute Gasteiger partial charge is 0.397 e. The van der Waals surface area contributed by atoms with E-state index in [0.717, 1.165) is 0 Å². The van der Waals surface area contributed by atoms with E-state index in [4.69, 9.17) is 10.3 Å². The lowest BCUT2D eigenvalue weighted by Gasteiger charge is -2.02. The van der Waals surface area contributed by atoms with Gasteiger partial charge in [-0.15, -0.1) is 0 Å². The van der Waals surface area contributed by atoms with Crippen LogP contribution in [0, 0.1) is 0 Å². The standard InChI is InChI=1S/C5H13NO4S/c1-5(6)3-2-4-10-11(7,8)9/h5H,2-4,6H2,1H3,(H,7,8,9). The molecule has 6 heteroatoms. The van der Waals surface area contributed by atoms with Gasteiger partial charge >= 0.3 is 10.4 Å². The van der Waals surface area contributed by atoms with Crippen molar-refractivity contribution >= 4 is 10.4 Å². The summed E-state index contributed by atoms with van der Waals surface area (Å²) in [5.41, 5.74) is 5.37. The molecule has 0 fully saturated rings. The van der Waals surface area contributed by atoms with Gasteiger partial charge in [0.2, 0.25) is 0 Å². The molecular weight excluding hydrogens is 170 g/mol. The molecule has 0 amide bonds. The summed E-state index contributed by atoms with van der Waals surface area (Å²) < 4.78 is 32.1. The minimum atomic E-state index is -4.26. The second kappa shape index (κ2) is 4.66. The summed E-state index contributed by atoms with van der Waals surface area (Å²) >= 11 is 0. The van der Waals surface area contributed by atoms with Gasteiger partial charge in [-0.3, -0.25) is 4.55 Å². The number of nitrogens with two attached hydrogens (primary N) is 1. The summed E-state index contributed by atoms with van der Waals surface area (Å²) in [5, 5.41) is 0. The van der Waals surface area contributed by atoms with Crippen molar-refractivity contribution in [2.24, 2.45) is 5.73 Å². The smallest absolute Gasteiger partial charge is 0.328 e. The summed E-state index contributed by atoms with van der Waals surface area (Å²) in [6, 6.07) is 0.0278. The van der Waals surface area contributed by atoms with Gasteiger partial charge in [0.05, 0.1) is 6.61 Å². The predicted octanol–water partition coefficient (Wildman–Crippen LogP) is -0.0668. The maximum Gasteiger partial charge on any atom is 0.397 e. The third kappa shape index (κ3) is 9.83. The Bertz CT molecular complexity index is 187. The van der Waals surface area contributed by atoms with Gasteiger partial charge in [-0.25, -0.2) is 4.18 Å². The van der Waals surface area contributed by atoms with Crippen LogP contribution < -0.4 is 5.73 Å². The van der Waals surface area contributed by atoms with Crippen molar-refractivity contribution in [1.29, 1.82) is 0 Å². The monoisotopic (exact) mass is 183 g/mol. The molecule has 0 bridgehead atoms. The zero-order valence-electron chi connectivity index (χ0n) is 6.36. The third-order valence-electron chi connectivity index (χ3n) is 1.04. The molecule has 0 saturated heterocycles. The van der Waals surface area contributed by atoms with E-state index in [-0.39, 0.29) is 12.6 Å². The first-order valence-electron chi connectivity index (χ1n) is 3.29. The van der Waals surface area contributed by atoms with Crippen LogP contribution in [0.1, 0.15) is 19.8 Å². The van der Waals surface area contributed by atoms with Crippen molar-refractivity contribution in [3.05, 3.63) is 0 Å². The Morgan fingerprint density at radius 1 is 1.64 bits per heavy atom. The minimum Gasteiger partial charge on any atom is -0.328 e. The van der Waals surface area contributed by atoms with E-state index >= 15 is 0 Å². The van der Waals surface area contributed by atoms with E-state index in [9.17, 15) is 8.42 Å². The summed E-state index contributed by atoms with van der Waals surface area (Å²) in [6.45, 7) is 1.80. The van der Waals surface area contributed by atoms with Gasteiger partial charge in [0.25, 0.3) is 0 Å². The highest BCUT2D eigenvalue weighted by molar-refractivity contribution is 7.80. The average molecular weight is 183 g/mol. The summed E-state index contributed by atoms with van der Waals surface area (Å²) in [6.07, 6.45) is 1.20. The van der Waals surface area contributed by atoms with Crippen LogP contribution in [0.2, 0.25) is 0 Å². The second-order valence-electron chi connectivity index (χ2n) is 2.37. The van der Waals surface area contributed by atoms with Gasteiger partial charge < -0.3 is 5.73 Å². The number of hydrogen-bond donors (Lipinski definition) is 2. The molecule has 0 aromatic heterocycles. The molecule has 0 radical (unpaired) electrons.